The summed E-state index contributed by atoms with van der Waals surface area (Å²) in [5.74, 6) is 1.11. The highest BCUT2D eigenvalue weighted by Crippen LogP contribution is 2.32. The second-order valence-electron chi connectivity index (χ2n) is 16.0. The van der Waals surface area contributed by atoms with Crippen LogP contribution in [0.15, 0.2) is 18.2 Å². The van der Waals surface area contributed by atoms with Gasteiger partial charge in [-0.3, -0.25) is 0 Å². The first-order valence-corrected chi connectivity index (χ1v) is 21.2. The summed E-state index contributed by atoms with van der Waals surface area (Å²) in [6.45, 7) is 14.2. The predicted octanol–water partition coefficient (Wildman–Crippen LogP) is 8.51. The van der Waals surface area contributed by atoms with E-state index in [0.717, 1.165) is 41.6 Å². The van der Waals surface area contributed by atoms with E-state index in [1.165, 1.54) is 141 Å². The lowest BCUT2D eigenvalue weighted by atomic mass is 9.92. The van der Waals surface area contributed by atoms with Gasteiger partial charge in [0.05, 0.1) is 24.2 Å². The second-order valence-corrected chi connectivity index (χ2v) is 16.0. The Labute approximate surface area is 315 Å². The minimum Gasteiger partial charge on any atom is -0.396 e. The molecule has 52 heavy (non-hydrogen) atoms. The summed E-state index contributed by atoms with van der Waals surface area (Å²) >= 11 is 0. The zero-order valence-corrected chi connectivity index (χ0v) is 33.4. The number of aliphatic hydroxyl groups excluding tert-OH is 2. The van der Waals surface area contributed by atoms with Gasteiger partial charge in [-0.05, 0) is 50.9 Å². The SMILES string of the molecule is CCCCCCCCCCCCCCCCCCN1CCN(CCCc2ccc3c(c2)nc(N)c2nc(COCC)n(CC(C)(CO)CO)c23)CC1. The monoisotopic (exact) mass is 723 g/mol. The number of imidazole rings is 1. The third-order valence-corrected chi connectivity index (χ3v) is 11.3. The molecular formula is C43H74N6O3. The molecule has 1 aromatic carbocycles. The summed E-state index contributed by atoms with van der Waals surface area (Å²) in [7, 11) is 0. The highest BCUT2D eigenvalue weighted by atomic mass is 16.5. The van der Waals surface area contributed by atoms with Crippen LogP contribution in [0.1, 0.15) is 141 Å². The molecule has 2 aromatic heterocycles. The first-order valence-electron chi connectivity index (χ1n) is 21.2. The lowest BCUT2D eigenvalue weighted by Crippen LogP contribution is -2.46. The lowest BCUT2D eigenvalue weighted by molar-refractivity contribution is 0.0530. The van der Waals surface area contributed by atoms with Crippen LogP contribution in [-0.2, 0) is 24.3 Å². The van der Waals surface area contributed by atoms with E-state index in [1.54, 1.807) is 0 Å². The van der Waals surface area contributed by atoms with E-state index in [4.69, 9.17) is 20.4 Å². The number of ether oxygens (including phenoxy) is 1. The molecule has 0 atom stereocenters. The third kappa shape index (κ3) is 13.5. The molecule has 9 heteroatoms. The molecule has 1 saturated heterocycles. The molecule has 9 nitrogen and oxygen atoms in total. The second kappa shape index (κ2) is 23.5. The van der Waals surface area contributed by atoms with Crippen LogP contribution in [0.4, 0.5) is 5.82 Å². The maximum absolute atomic E-state index is 10.1. The van der Waals surface area contributed by atoms with Gasteiger partial charge in [0, 0.05) is 50.1 Å². The Morgan fingerprint density at radius 1 is 0.731 bits per heavy atom. The zero-order valence-electron chi connectivity index (χ0n) is 33.4. The molecule has 0 radical (unpaired) electrons. The van der Waals surface area contributed by atoms with Crippen LogP contribution in [0.5, 0.6) is 0 Å². The summed E-state index contributed by atoms with van der Waals surface area (Å²) in [5, 5.41) is 21.1. The van der Waals surface area contributed by atoms with Crippen molar-refractivity contribution in [1.29, 1.82) is 0 Å². The molecule has 0 bridgehead atoms. The van der Waals surface area contributed by atoms with Crippen LogP contribution in [0.25, 0.3) is 21.9 Å². The van der Waals surface area contributed by atoms with Gasteiger partial charge in [-0.2, -0.15) is 0 Å². The number of aryl methyl sites for hydroxylation is 1. The summed E-state index contributed by atoms with van der Waals surface area (Å²) in [4.78, 5) is 14.9. The number of pyridine rings is 1. The van der Waals surface area contributed by atoms with Crippen molar-refractivity contribution < 1.29 is 14.9 Å². The number of nitrogens with two attached hydrogens (primary N) is 1. The molecule has 1 aliphatic heterocycles. The largest absolute Gasteiger partial charge is 0.396 e. The van der Waals surface area contributed by atoms with Crippen molar-refractivity contribution in [1.82, 2.24) is 24.3 Å². The Morgan fingerprint density at radius 2 is 1.27 bits per heavy atom. The molecule has 294 valence electrons. The third-order valence-electron chi connectivity index (χ3n) is 11.3. The van der Waals surface area contributed by atoms with E-state index in [1.807, 2.05) is 13.8 Å². The van der Waals surface area contributed by atoms with Crippen molar-refractivity contribution in [3.63, 3.8) is 0 Å². The van der Waals surface area contributed by atoms with Gasteiger partial charge in [0.2, 0.25) is 0 Å². The number of hydrogen-bond acceptors (Lipinski definition) is 8. The number of piperazine rings is 1. The molecule has 4 N–H and O–H groups in total. The highest BCUT2D eigenvalue weighted by molar-refractivity contribution is 6.06. The Kier molecular flexibility index (Phi) is 19.2. The van der Waals surface area contributed by atoms with E-state index in [2.05, 4.69) is 39.5 Å². The fraction of sp³-hybridized carbons (Fsp3) is 0.767. The molecule has 0 unspecified atom stereocenters. The van der Waals surface area contributed by atoms with Crippen LogP contribution in [-0.4, -0.2) is 93.6 Å². The fourth-order valence-corrected chi connectivity index (χ4v) is 7.79. The first kappa shape index (κ1) is 42.4. The van der Waals surface area contributed by atoms with E-state index in [-0.39, 0.29) is 13.2 Å². The molecule has 0 saturated carbocycles. The Bertz CT molecular complexity index is 1420. The van der Waals surface area contributed by atoms with Crippen molar-refractivity contribution in [2.45, 2.75) is 149 Å². The quantitative estimate of drug-likeness (QED) is 0.0640. The minimum atomic E-state index is -0.712. The Morgan fingerprint density at radius 3 is 1.81 bits per heavy atom. The maximum Gasteiger partial charge on any atom is 0.152 e. The van der Waals surface area contributed by atoms with Gasteiger partial charge in [0.1, 0.15) is 17.9 Å². The standard InChI is InChI=1S/C43H74N6O3/c1-4-6-7-8-9-10-11-12-13-14-15-16-17-18-19-20-25-47-27-29-48(30-28-47)26-21-22-36-23-24-37-38(31-36)45-42(44)40-41(37)49(33-43(3,34-50)35-51)39(46-40)32-52-5-2/h23-24,31,50-51H,4-22,25-30,32-35H2,1-3H3,(H2,44,45). The summed E-state index contributed by atoms with van der Waals surface area (Å²) < 4.78 is 7.78. The number of fused-ring (bicyclic) bond motifs is 3. The number of benzene rings is 1. The van der Waals surface area contributed by atoms with Gasteiger partial charge in [-0.25, -0.2) is 9.97 Å². The van der Waals surface area contributed by atoms with Gasteiger partial charge in [-0.15, -0.1) is 0 Å². The molecule has 3 heterocycles. The van der Waals surface area contributed by atoms with Crippen LogP contribution in [0, 0.1) is 5.41 Å². The van der Waals surface area contributed by atoms with E-state index < -0.39 is 5.41 Å². The van der Waals surface area contributed by atoms with Crippen molar-refractivity contribution >= 4 is 27.8 Å². The number of hydrogen-bond donors (Lipinski definition) is 3. The lowest BCUT2D eigenvalue weighted by Gasteiger charge is -2.34. The molecule has 3 aromatic rings. The van der Waals surface area contributed by atoms with E-state index in [9.17, 15) is 10.2 Å². The summed E-state index contributed by atoms with van der Waals surface area (Å²) in [6, 6.07) is 6.50. The predicted molar refractivity (Wildman–Crippen MR) is 218 cm³/mol. The van der Waals surface area contributed by atoms with E-state index >= 15 is 0 Å². The smallest absolute Gasteiger partial charge is 0.152 e. The normalized spacial score (nSPS) is 14.7. The van der Waals surface area contributed by atoms with Gasteiger partial charge in [0.25, 0.3) is 0 Å². The zero-order chi connectivity index (χ0) is 37.0. The van der Waals surface area contributed by atoms with Gasteiger partial charge in [0.15, 0.2) is 5.82 Å². The highest BCUT2D eigenvalue weighted by Gasteiger charge is 2.27. The number of anilines is 1. The number of rotatable bonds is 28. The molecule has 0 amide bonds. The average molecular weight is 723 g/mol. The van der Waals surface area contributed by atoms with E-state index in [0.29, 0.717) is 31.1 Å². The molecule has 1 fully saturated rings. The van der Waals surface area contributed by atoms with Crippen molar-refractivity contribution in [3.05, 3.63) is 29.6 Å². The Hall–Kier alpha value is -2.30. The van der Waals surface area contributed by atoms with Crippen LogP contribution in [0.2, 0.25) is 0 Å². The van der Waals surface area contributed by atoms with Crippen LogP contribution >= 0.6 is 0 Å². The first-order chi connectivity index (χ1) is 25.4. The molecule has 0 aliphatic carbocycles. The number of nitrogen functional groups attached to an aromatic ring is 1. The van der Waals surface area contributed by atoms with Crippen LogP contribution < -0.4 is 5.73 Å². The minimum absolute atomic E-state index is 0.144. The summed E-state index contributed by atoms with van der Waals surface area (Å²) in [5.41, 5.74) is 9.40. The van der Waals surface area contributed by atoms with Crippen molar-refractivity contribution in [3.8, 4) is 0 Å². The van der Waals surface area contributed by atoms with Gasteiger partial charge in [-0.1, -0.05) is 122 Å². The molecule has 1 aliphatic rings. The number of aromatic nitrogens is 3. The Balaban J connectivity index is 1.12. The number of nitrogens with zero attached hydrogens (tertiary/aromatic N) is 5. The van der Waals surface area contributed by atoms with Gasteiger partial charge < -0.3 is 35.1 Å². The van der Waals surface area contributed by atoms with Crippen molar-refractivity contribution in [2.24, 2.45) is 5.41 Å². The topological polar surface area (TPSA) is 113 Å². The average Bonchev–Trinajstić information content (AvgIpc) is 3.52. The fourth-order valence-electron chi connectivity index (χ4n) is 7.79. The number of aliphatic hydroxyl groups is 2. The molecular weight excluding hydrogens is 649 g/mol. The van der Waals surface area contributed by atoms with Gasteiger partial charge >= 0.3 is 0 Å². The van der Waals surface area contributed by atoms with Crippen molar-refractivity contribution in [2.75, 3.05) is 64.8 Å². The summed E-state index contributed by atoms with van der Waals surface area (Å²) in [6.07, 6.45) is 24.9. The molecule has 4 rings (SSSR count). The number of unbranched alkanes of at least 4 members (excludes halogenated alkanes) is 15. The maximum atomic E-state index is 10.1. The van der Waals surface area contributed by atoms with Crippen LogP contribution in [0.3, 0.4) is 0 Å². The molecule has 0 spiro atoms.